The fourth-order valence-corrected chi connectivity index (χ4v) is 5.38. The Kier molecular flexibility index (Phi) is 10.1. The van der Waals surface area contributed by atoms with Gasteiger partial charge in [-0.1, -0.05) is 15.3 Å². The first-order valence-corrected chi connectivity index (χ1v) is 14.0. The molecule has 12 heteroatoms. The van der Waals surface area contributed by atoms with E-state index in [2.05, 4.69) is 10.0 Å². The number of benzene rings is 2. The van der Waals surface area contributed by atoms with E-state index >= 15 is 0 Å². The van der Waals surface area contributed by atoms with Crippen molar-refractivity contribution in [3.8, 4) is 11.5 Å². The highest BCUT2D eigenvalue weighted by Gasteiger charge is 2.27. The van der Waals surface area contributed by atoms with Gasteiger partial charge >= 0.3 is 0 Å². The minimum absolute atomic E-state index is 0.0780. The molecule has 3 rings (SSSR count). The number of ether oxygens (including phenoxy) is 4. The van der Waals surface area contributed by atoms with Crippen molar-refractivity contribution in [3.63, 3.8) is 0 Å². The summed E-state index contributed by atoms with van der Waals surface area (Å²) in [7, 11) is -0.582. The standard InChI is InChI=1S/C25H34FN2O7PS/c1-4-34-22-15-18(27-24(29)16-21(32-3)17-10-12-33-13-11-17)8-9-23(22)37(30,31)28-19-6-5-7-20(14-19)35-25(2,26)36/h5-9,14-15,17,21,28H,4,10-13,16,36H2,1-3H3,(H,27,29). The molecular formula is C25H34FN2O7PS. The van der Waals surface area contributed by atoms with Crippen LogP contribution in [0.25, 0.3) is 0 Å². The van der Waals surface area contributed by atoms with Crippen LogP contribution in [0.3, 0.4) is 0 Å². The lowest BCUT2D eigenvalue weighted by atomic mass is 9.91. The minimum atomic E-state index is -4.08. The van der Waals surface area contributed by atoms with Crippen LogP contribution in [0.5, 0.6) is 11.5 Å². The second-order valence-corrected chi connectivity index (χ2v) is 11.5. The molecule has 1 amide bonds. The highest BCUT2D eigenvalue weighted by molar-refractivity contribution is 7.92. The van der Waals surface area contributed by atoms with Gasteiger partial charge < -0.3 is 24.3 Å². The number of amides is 1. The number of anilines is 2. The molecule has 1 saturated heterocycles. The molecule has 9 nitrogen and oxygen atoms in total. The maximum Gasteiger partial charge on any atom is 0.265 e. The maximum absolute atomic E-state index is 13.8. The summed E-state index contributed by atoms with van der Waals surface area (Å²) >= 11 is 0. The molecule has 3 atom stereocenters. The highest BCUT2D eigenvalue weighted by Crippen LogP contribution is 2.32. The lowest BCUT2D eigenvalue weighted by Gasteiger charge is -2.28. The Morgan fingerprint density at radius 2 is 1.95 bits per heavy atom. The molecule has 1 heterocycles. The normalized spacial score (nSPS) is 16.9. The Labute approximate surface area is 219 Å². The van der Waals surface area contributed by atoms with Gasteiger partial charge in [0, 0.05) is 45.1 Å². The molecule has 0 saturated carbocycles. The van der Waals surface area contributed by atoms with Gasteiger partial charge in [0.05, 0.1) is 24.8 Å². The predicted octanol–water partition coefficient (Wildman–Crippen LogP) is 4.55. The monoisotopic (exact) mass is 556 g/mol. The first-order valence-electron chi connectivity index (χ1n) is 12.0. The molecule has 1 aliphatic heterocycles. The first kappa shape index (κ1) is 29.1. The summed E-state index contributed by atoms with van der Waals surface area (Å²) in [6.45, 7) is 4.45. The Bertz CT molecular complexity index is 1170. The summed E-state index contributed by atoms with van der Waals surface area (Å²) < 4.78 is 64.2. The Balaban J connectivity index is 1.74. The predicted molar refractivity (Wildman–Crippen MR) is 142 cm³/mol. The van der Waals surface area contributed by atoms with Gasteiger partial charge in [-0.15, -0.1) is 0 Å². The lowest BCUT2D eigenvalue weighted by molar-refractivity contribution is -0.120. The first-order chi connectivity index (χ1) is 17.5. The molecule has 3 unspecified atom stereocenters. The van der Waals surface area contributed by atoms with E-state index in [0.717, 1.165) is 12.8 Å². The second-order valence-electron chi connectivity index (χ2n) is 8.79. The third-order valence-corrected chi connectivity index (χ3v) is 7.24. The zero-order valence-electron chi connectivity index (χ0n) is 21.2. The van der Waals surface area contributed by atoms with E-state index in [0.29, 0.717) is 18.9 Å². The molecule has 1 aliphatic rings. The van der Waals surface area contributed by atoms with E-state index in [1.54, 1.807) is 20.1 Å². The molecule has 0 bridgehead atoms. The Morgan fingerprint density at radius 1 is 1.22 bits per heavy atom. The van der Waals surface area contributed by atoms with Crippen LogP contribution in [-0.4, -0.2) is 53.0 Å². The molecule has 2 aromatic rings. The number of hydrogen-bond donors (Lipinski definition) is 2. The van der Waals surface area contributed by atoms with E-state index in [9.17, 15) is 17.6 Å². The van der Waals surface area contributed by atoms with Crippen molar-refractivity contribution in [2.24, 2.45) is 5.92 Å². The van der Waals surface area contributed by atoms with Crippen LogP contribution in [0.15, 0.2) is 47.4 Å². The Hall–Kier alpha value is -2.46. The fraction of sp³-hybridized carbons (Fsp3) is 0.480. The minimum Gasteiger partial charge on any atom is -0.492 e. The number of hydrogen-bond acceptors (Lipinski definition) is 7. The fourth-order valence-electron chi connectivity index (χ4n) is 4.06. The van der Waals surface area contributed by atoms with Gasteiger partial charge in [0.15, 0.2) is 0 Å². The number of alkyl halides is 1. The number of rotatable bonds is 12. The number of carbonyl (C=O) groups is 1. The molecule has 37 heavy (non-hydrogen) atoms. The largest absolute Gasteiger partial charge is 0.492 e. The summed E-state index contributed by atoms with van der Waals surface area (Å²) in [6.07, 6.45) is 1.60. The van der Waals surface area contributed by atoms with E-state index in [4.69, 9.17) is 18.9 Å². The summed E-state index contributed by atoms with van der Waals surface area (Å²) in [5.41, 5.74) is -1.42. The SMILES string of the molecule is CCOc1cc(NC(=O)CC(OC)C2CCOCC2)ccc1S(=O)(=O)Nc1cccc(OC(C)(F)P)c1. The van der Waals surface area contributed by atoms with Gasteiger partial charge in [-0.3, -0.25) is 9.52 Å². The average molecular weight is 557 g/mol. The van der Waals surface area contributed by atoms with Gasteiger partial charge in [0.25, 0.3) is 15.6 Å². The number of sulfonamides is 1. The second kappa shape index (κ2) is 12.9. The van der Waals surface area contributed by atoms with Crippen LogP contribution in [0.4, 0.5) is 15.8 Å². The van der Waals surface area contributed by atoms with Crippen molar-refractivity contribution in [2.45, 2.75) is 49.7 Å². The van der Waals surface area contributed by atoms with Crippen LogP contribution >= 0.6 is 9.24 Å². The third kappa shape index (κ3) is 8.81. The van der Waals surface area contributed by atoms with E-state index in [1.165, 1.54) is 43.3 Å². The number of nitrogens with one attached hydrogen (secondary N) is 2. The van der Waals surface area contributed by atoms with Gasteiger partial charge in [-0.2, -0.15) is 4.39 Å². The van der Waals surface area contributed by atoms with Crippen LogP contribution in [0, 0.1) is 5.92 Å². The van der Waals surface area contributed by atoms with Crippen molar-refractivity contribution in [1.29, 1.82) is 0 Å². The van der Waals surface area contributed by atoms with E-state index in [-0.39, 0.29) is 53.0 Å². The topological polar surface area (TPSA) is 112 Å². The van der Waals surface area contributed by atoms with Crippen LogP contribution in [0.2, 0.25) is 0 Å². The summed E-state index contributed by atoms with van der Waals surface area (Å²) in [5, 5.41) is 2.80. The highest BCUT2D eigenvalue weighted by atomic mass is 32.2. The Morgan fingerprint density at radius 3 is 2.59 bits per heavy atom. The molecule has 2 N–H and O–H groups in total. The summed E-state index contributed by atoms with van der Waals surface area (Å²) in [5.74, 6) is 0.216. The maximum atomic E-state index is 13.8. The molecular weight excluding hydrogens is 522 g/mol. The van der Waals surface area contributed by atoms with Crippen molar-refractivity contribution < 1.29 is 36.6 Å². The average Bonchev–Trinajstić information content (AvgIpc) is 2.82. The molecule has 1 fully saturated rings. The molecule has 0 aromatic heterocycles. The molecule has 204 valence electrons. The van der Waals surface area contributed by atoms with E-state index in [1.807, 2.05) is 9.24 Å². The van der Waals surface area contributed by atoms with Crippen molar-refractivity contribution in [2.75, 3.05) is 37.0 Å². The van der Waals surface area contributed by atoms with Crippen LogP contribution < -0.4 is 19.5 Å². The van der Waals surface area contributed by atoms with Crippen LogP contribution in [-0.2, 0) is 24.3 Å². The smallest absolute Gasteiger partial charge is 0.265 e. The lowest BCUT2D eigenvalue weighted by Crippen LogP contribution is -2.32. The van der Waals surface area contributed by atoms with Gasteiger partial charge in [0.1, 0.15) is 16.4 Å². The summed E-state index contributed by atoms with van der Waals surface area (Å²) in [6, 6.07) is 10.3. The molecule has 0 radical (unpaired) electrons. The third-order valence-electron chi connectivity index (χ3n) is 5.70. The number of methoxy groups -OCH3 is 1. The zero-order valence-corrected chi connectivity index (χ0v) is 23.1. The van der Waals surface area contributed by atoms with Gasteiger partial charge in [0.2, 0.25) is 5.91 Å². The van der Waals surface area contributed by atoms with Crippen molar-refractivity contribution in [3.05, 3.63) is 42.5 Å². The van der Waals surface area contributed by atoms with Crippen LogP contribution in [0.1, 0.15) is 33.1 Å². The number of carbonyl (C=O) groups excluding carboxylic acids is 1. The van der Waals surface area contributed by atoms with Crippen molar-refractivity contribution >= 4 is 36.5 Å². The van der Waals surface area contributed by atoms with Gasteiger partial charge in [-0.25, -0.2) is 8.42 Å². The van der Waals surface area contributed by atoms with Crippen molar-refractivity contribution in [1.82, 2.24) is 0 Å². The molecule has 0 spiro atoms. The molecule has 0 aliphatic carbocycles. The quantitative estimate of drug-likeness (QED) is 0.369. The number of halogens is 1. The zero-order chi connectivity index (χ0) is 27.1. The molecule has 2 aromatic carbocycles. The van der Waals surface area contributed by atoms with Gasteiger partial charge in [-0.05, 0) is 49.9 Å². The van der Waals surface area contributed by atoms with E-state index < -0.39 is 15.6 Å². The summed E-state index contributed by atoms with van der Waals surface area (Å²) in [4.78, 5) is 12.6.